The molecule has 0 spiro atoms. The second-order valence-corrected chi connectivity index (χ2v) is 3.70. The van der Waals surface area contributed by atoms with Gasteiger partial charge in [-0.3, -0.25) is 4.79 Å². The van der Waals surface area contributed by atoms with Crippen LogP contribution in [0.5, 0.6) is 0 Å². The molecule has 0 bridgehead atoms. The van der Waals surface area contributed by atoms with Crippen molar-refractivity contribution in [2.24, 2.45) is 0 Å². The topological polar surface area (TPSA) is 85.2 Å². The third-order valence-corrected chi connectivity index (χ3v) is 2.54. The highest BCUT2D eigenvalue weighted by Gasteiger charge is 2.37. The van der Waals surface area contributed by atoms with Crippen molar-refractivity contribution in [3.05, 3.63) is 35.6 Å². The second-order valence-electron chi connectivity index (χ2n) is 3.70. The minimum Gasteiger partial charge on any atom is -0.357 e. The lowest BCUT2D eigenvalue weighted by Crippen LogP contribution is -2.58. The molecule has 17 heavy (non-hydrogen) atoms. The van der Waals surface area contributed by atoms with Gasteiger partial charge in [0.1, 0.15) is 5.82 Å². The summed E-state index contributed by atoms with van der Waals surface area (Å²) in [5, 5.41) is 19.3. The van der Waals surface area contributed by atoms with Gasteiger partial charge in [-0.15, -0.1) is 0 Å². The molecule has 1 aromatic rings. The predicted octanol–water partition coefficient (Wildman–Crippen LogP) is 0.677. The van der Waals surface area contributed by atoms with Crippen molar-refractivity contribution in [2.75, 3.05) is 7.05 Å². The molecule has 92 valence electrons. The van der Waals surface area contributed by atoms with Gasteiger partial charge in [0.25, 0.3) is 0 Å². The van der Waals surface area contributed by atoms with E-state index in [-0.39, 0.29) is 5.71 Å². The number of halogens is 1. The number of hydrogen-bond donors (Lipinski definition) is 4. The van der Waals surface area contributed by atoms with Gasteiger partial charge >= 0.3 is 0 Å². The number of nitrogens with one attached hydrogen (secondary N) is 3. The highest BCUT2D eigenvalue weighted by atomic mass is 19.1. The monoisotopic (exact) mass is 239 g/mol. The van der Waals surface area contributed by atoms with Gasteiger partial charge in [-0.05, 0) is 24.6 Å². The summed E-state index contributed by atoms with van der Waals surface area (Å²) < 4.78 is 12.7. The van der Waals surface area contributed by atoms with Crippen LogP contribution in [0.1, 0.15) is 12.5 Å². The molecule has 0 aliphatic carbocycles. The van der Waals surface area contributed by atoms with Crippen molar-refractivity contribution < 1.29 is 14.4 Å². The summed E-state index contributed by atoms with van der Waals surface area (Å²) in [6, 6.07) is 5.11. The van der Waals surface area contributed by atoms with Crippen molar-refractivity contribution >= 4 is 11.6 Å². The number of benzene rings is 1. The van der Waals surface area contributed by atoms with Crippen LogP contribution < -0.4 is 10.8 Å². The summed E-state index contributed by atoms with van der Waals surface area (Å²) in [5.74, 6) is -0.991. The van der Waals surface area contributed by atoms with E-state index < -0.39 is 17.3 Å². The number of carbonyl (C=O) groups excluding carboxylic acids is 1. The van der Waals surface area contributed by atoms with Gasteiger partial charge in [0.15, 0.2) is 5.54 Å². The van der Waals surface area contributed by atoms with Crippen LogP contribution >= 0.6 is 0 Å². The van der Waals surface area contributed by atoms with Crippen LogP contribution in [-0.4, -0.2) is 29.4 Å². The number of carbonyl (C=O) groups is 1. The lowest BCUT2D eigenvalue weighted by molar-refractivity contribution is -0.127. The van der Waals surface area contributed by atoms with Gasteiger partial charge < -0.3 is 15.9 Å². The van der Waals surface area contributed by atoms with Gasteiger partial charge in [-0.2, -0.15) is 5.48 Å². The Morgan fingerprint density at radius 3 is 2.35 bits per heavy atom. The molecule has 1 atom stereocenters. The SMILES string of the molecule is CNC(=O)C(C)(NO)C(=N)c1ccc(F)cc1. The first-order valence-electron chi connectivity index (χ1n) is 4.94. The number of likely N-dealkylation sites (N-methyl/N-ethyl adjacent to an activating group) is 1. The van der Waals surface area contributed by atoms with Gasteiger partial charge in [-0.1, -0.05) is 12.1 Å². The number of amides is 1. The van der Waals surface area contributed by atoms with E-state index in [4.69, 9.17) is 10.6 Å². The summed E-state index contributed by atoms with van der Waals surface area (Å²) in [7, 11) is 1.40. The third kappa shape index (κ3) is 2.48. The number of hydroxylamine groups is 1. The summed E-state index contributed by atoms with van der Waals surface area (Å²) >= 11 is 0. The average molecular weight is 239 g/mol. The first-order valence-corrected chi connectivity index (χ1v) is 4.94. The Bertz CT molecular complexity index is 433. The van der Waals surface area contributed by atoms with E-state index in [0.717, 1.165) is 0 Å². The number of rotatable bonds is 4. The Hall–Kier alpha value is -1.79. The lowest BCUT2D eigenvalue weighted by atomic mass is 9.90. The fourth-order valence-corrected chi connectivity index (χ4v) is 1.38. The molecule has 0 radical (unpaired) electrons. The molecule has 0 aliphatic heterocycles. The number of hydrogen-bond acceptors (Lipinski definition) is 4. The fourth-order valence-electron chi connectivity index (χ4n) is 1.38. The Morgan fingerprint density at radius 2 is 1.94 bits per heavy atom. The Labute approximate surface area is 98.1 Å². The predicted molar refractivity (Wildman–Crippen MR) is 60.6 cm³/mol. The maximum absolute atomic E-state index is 12.7. The molecular formula is C11H14FN3O2. The van der Waals surface area contributed by atoms with E-state index in [1.165, 1.54) is 38.2 Å². The molecule has 0 aromatic heterocycles. The maximum atomic E-state index is 12.7. The zero-order valence-electron chi connectivity index (χ0n) is 9.54. The molecule has 0 saturated carbocycles. The minimum atomic E-state index is -1.58. The molecule has 0 heterocycles. The molecular weight excluding hydrogens is 225 g/mol. The Kier molecular flexibility index (Phi) is 3.93. The van der Waals surface area contributed by atoms with Gasteiger partial charge in [0.05, 0.1) is 5.71 Å². The van der Waals surface area contributed by atoms with Crippen LogP contribution in [0.3, 0.4) is 0 Å². The normalized spacial score (nSPS) is 13.9. The van der Waals surface area contributed by atoms with Crippen LogP contribution in [0, 0.1) is 11.2 Å². The van der Waals surface area contributed by atoms with Crippen molar-refractivity contribution in [1.82, 2.24) is 10.8 Å². The first-order chi connectivity index (χ1) is 7.95. The van der Waals surface area contributed by atoms with E-state index in [9.17, 15) is 9.18 Å². The molecule has 4 N–H and O–H groups in total. The highest BCUT2D eigenvalue weighted by molar-refractivity contribution is 6.18. The minimum absolute atomic E-state index is 0.153. The molecule has 0 aliphatic rings. The summed E-state index contributed by atoms with van der Waals surface area (Å²) in [5.41, 5.74) is 0.428. The van der Waals surface area contributed by atoms with Crippen LogP contribution in [0.2, 0.25) is 0 Å². The average Bonchev–Trinajstić information content (AvgIpc) is 2.36. The van der Waals surface area contributed by atoms with Gasteiger partial charge in [0.2, 0.25) is 5.91 Å². The molecule has 0 fully saturated rings. The second kappa shape index (κ2) is 5.03. The zero-order valence-corrected chi connectivity index (χ0v) is 9.54. The van der Waals surface area contributed by atoms with Gasteiger partial charge in [-0.25, -0.2) is 4.39 Å². The first kappa shape index (κ1) is 13.3. The highest BCUT2D eigenvalue weighted by Crippen LogP contribution is 2.14. The molecule has 1 rings (SSSR count). The van der Waals surface area contributed by atoms with Gasteiger partial charge in [0, 0.05) is 7.05 Å². The van der Waals surface area contributed by atoms with Crippen molar-refractivity contribution in [2.45, 2.75) is 12.5 Å². The zero-order chi connectivity index (χ0) is 13.1. The van der Waals surface area contributed by atoms with E-state index in [1.807, 2.05) is 5.48 Å². The van der Waals surface area contributed by atoms with Crippen molar-refractivity contribution in [3.8, 4) is 0 Å². The fraction of sp³-hybridized carbons (Fsp3) is 0.273. The Morgan fingerprint density at radius 1 is 1.41 bits per heavy atom. The summed E-state index contributed by atoms with van der Waals surface area (Å²) in [4.78, 5) is 11.6. The third-order valence-electron chi connectivity index (χ3n) is 2.54. The standard InChI is InChI=1S/C11H14FN3O2/c1-11(15-17,10(16)14-2)9(13)7-3-5-8(12)6-4-7/h3-6,13,15,17H,1-2H3,(H,14,16). The van der Waals surface area contributed by atoms with Crippen LogP contribution in [0.15, 0.2) is 24.3 Å². The molecule has 1 unspecified atom stereocenters. The van der Waals surface area contributed by atoms with Crippen LogP contribution in [0.4, 0.5) is 4.39 Å². The van der Waals surface area contributed by atoms with Crippen molar-refractivity contribution in [1.29, 1.82) is 5.41 Å². The molecule has 6 heteroatoms. The molecule has 5 nitrogen and oxygen atoms in total. The molecule has 1 aromatic carbocycles. The van der Waals surface area contributed by atoms with E-state index in [0.29, 0.717) is 5.56 Å². The van der Waals surface area contributed by atoms with E-state index >= 15 is 0 Å². The van der Waals surface area contributed by atoms with Crippen LogP contribution in [-0.2, 0) is 4.79 Å². The maximum Gasteiger partial charge on any atom is 0.248 e. The van der Waals surface area contributed by atoms with E-state index in [1.54, 1.807) is 0 Å². The largest absolute Gasteiger partial charge is 0.357 e. The summed E-state index contributed by atoms with van der Waals surface area (Å²) in [6.45, 7) is 1.36. The Balaban J connectivity index is 3.09. The lowest BCUT2D eigenvalue weighted by Gasteiger charge is -2.26. The quantitative estimate of drug-likeness (QED) is 0.460. The van der Waals surface area contributed by atoms with Crippen LogP contribution in [0.25, 0.3) is 0 Å². The van der Waals surface area contributed by atoms with Crippen molar-refractivity contribution in [3.63, 3.8) is 0 Å². The summed E-state index contributed by atoms with van der Waals surface area (Å²) in [6.07, 6.45) is 0. The molecule has 0 saturated heterocycles. The molecule has 1 amide bonds. The smallest absolute Gasteiger partial charge is 0.248 e. The van der Waals surface area contributed by atoms with E-state index in [2.05, 4.69) is 5.32 Å².